The van der Waals surface area contributed by atoms with Gasteiger partial charge in [-0.05, 0) is 55.5 Å². The predicted molar refractivity (Wildman–Crippen MR) is 111 cm³/mol. The fourth-order valence-corrected chi connectivity index (χ4v) is 6.46. The Morgan fingerprint density at radius 3 is 2.36 bits per heavy atom. The van der Waals surface area contributed by atoms with Crippen molar-refractivity contribution in [3.05, 3.63) is 52.9 Å². The number of rotatable bonds is 6. The molecule has 4 rings (SSSR count). The molecule has 5 nitrogen and oxygen atoms in total. The van der Waals surface area contributed by atoms with Crippen LogP contribution in [0.2, 0.25) is 0 Å². The summed E-state index contributed by atoms with van der Waals surface area (Å²) in [5.41, 5.74) is 2.38. The Balaban J connectivity index is 1.38. The zero-order valence-electron chi connectivity index (χ0n) is 16.0. The second kappa shape index (κ2) is 7.97. The first-order chi connectivity index (χ1) is 13.4. The summed E-state index contributed by atoms with van der Waals surface area (Å²) in [6.45, 7) is 2.86. The second-order valence-corrected chi connectivity index (χ2v) is 11.0. The number of carbonyl (C=O) groups is 1. The van der Waals surface area contributed by atoms with Gasteiger partial charge in [0.05, 0.1) is 6.04 Å². The number of nitrogens with one attached hydrogen (secondary N) is 1. The van der Waals surface area contributed by atoms with Gasteiger partial charge in [0.2, 0.25) is 5.91 Å². The summed E-state index contributed by atoms with van der Waals surface area (Å²) >= 11 is 1.24. The molecule has 0 spiro atoms. The Bertz CT molecular complexity index is 911. The molecule has 1 aromatic heterocycles. The van der Waals surface area contributed by atoms with Crippen molar-refractivity contribution in [2.24, 2.45) is 11.8 Å². The van der Waals surface area contributed by atoms with E-state index in [1.807, 2.05) is 0 Å². The molecule has 1 unspecified atom stereocenters. The maximum atomic E-state index is 12.9. The summed E-state index contributed by atoms with van der Waals surface area (Å²) in [7, 11) is -3.42. The summed E-state index contributed by atoms with van der Waals surface area (Å²) in [6.07, 6.45) is 3.44. The molecule has 1 saturated heterocycles. The number of aryl methyl sites for hydroxylation is 1. The first-order valence-corrected chi connectivity index (χ1v) is 12.2. The van der Waals surface area contributed by atoms with Crippen molar-refractivity contribution in [2.45, 2.75) is 42.9 Å². The van der Waals surface area contributed by atoms with Crippen molar-refractivity contribution in [2.75, 3.05) is 13.1 Å². The van der Waals surface area contributed by atoms with Crippen LogP contribution in [0.4, 0.5) is 0 Å². The Labute approximate surface area is 170 Å². The lowest BCUT2D eigenvalue weighted by Crippen LogP contribution is -2.43. The summed E-state index contributed by atoms with van der Waals surface area (Å²) in [5, 5.41) is 5.03. The molecule has 2 fully saturated rings. The highest BCUT2D eigenvalue weighted by molar-refractivity contribution is 7.91. The van der Waals surface area contributed by atoms with Crippen LogP contribution in [0.3, 0.4) is 0 Å². The van der Waals surface area contributed by atoms with E-state index < -0.39 is 10.0 Å². The van der Waals surface area contributed by atoms with Gasteiger partial charge in [0, 0.05) is 19.0 Å². The highest BCUT2D eigenvalue weighted by atomic mass is 32.2. The van der Waals surface area contributed by atoms with E-state index in [0.717, 1.165) is 12.8 Å². The Morgan fingerprint density at radius 2 is 1.79 bits per heavy atom. The molecule has 1 saturated carbocycles. The summed E-state index contributed by atoms with van der Waals surface area (Å²) in [5.74, 6) is 0.457. The normalized spacial score (nSPS) is 20.0. The standard InChI is InChI=1S/C21H26N2O3S2/c1-15-4-6-16(7-5-15)20(17-8-9-17)22-21(24)18-10-12-23(13-11-18)28(25,26)19-3-2-14-27-19/h2-7,14,17-18,20H,8-13H2,1H3,(H,22,24). The van der Waals surface area contributed by atoms with E-state index >= 15 is 0 Å². The van der Waals surface area contributed by atoms with Gasteiger partial charge in [0.1, 0.15) is 4.21 Å². The lowest BCUT2D eigenvalue weighted by molar-refractivity contribution is -0.127. The fourth-order valence-electron chi connectivity index (χ4n) is 3.84. The van der Waals surface area contributed by atoms with Crippen LogP contribution in [0.25, 0.3) is 0 Å². The predicted octanol–water partition coefficient (Wildman–Crippen LogP) is 3.72. The lowest BCUT2D eigenvalue weighted by atomic mass is 9.95. The molecule has 0 radical (unpaired) electrons. The van der Waals surface area contributed by atoms with E-state index in [9.17, 15) is 13.2 Å². The van der Waals surface area contributed by atoms with Crippen molar-refractivity contribution in [1.29, 1.82) is 0 Å². The molecule has 1 aliphatic heterocycles. The van der Waals surface area contributed by atoms with Crippen molar-refractivity contribution < 1.29 is 13.2 Å². The van der Waals surface area contributed by atoms with Gasteiger partial charge in [-0.3, -0.25) is 4.79 Å². The topological polar surface area (TPSA) is 66.5 Å². The molecule has 1 aromatic carbocycles. The molecule has 2 heterocycles. The van der Waals surface area contributed by atoms with Crippen molar-refractivity contribution in [3.8, 4) is 0 Å². The molecule has 150 valence electrons. The van der Waals surface area contributed by atoms with Crippen LogP contribution in [0.5, 0.6) is 0 Å². The third-order valence-electron chi connectivity index (χ3n) is 5.74. The van der Waals surface area contributed by atoms with E-state index in [-0.39, 0.29) is 17.9 Å². The quantitative estimate of drug-likeness (QED) is 0.777. The van der Waals surface area contributed by atoms with Crippen LogP contribution in [0.1, 0.15) is 42.9 Å². The molecular formula is C21H26N2O3S2. The lowest BCUT2D eigenvalue weighted by Gasteiger charge is -2.31. The van der Waals surface area contributed by atoms with E-state index in [0.29, 0.717) is 36.1 Å². The number of thiophene rings is 1. The Morgan fingerprint density at radius 1 is 1.11 bits per heavy atom. The van der Waals surface area contributed by atoms with Crippen LogP contribution in [0.15, 0.2) is 46.0 Å². The first kappa shape index (κ1) is 19.6. The fraction of sp³-hybridized carbons (Fsp3) is 0.476. The maximum absolute atomic E-state index is 12.9. The molecule has 28 heavy (non-hydrogen) atoms. The number of hydrogen-bond acceptors (Lipinski definition) is 4. The highest BCUT2D eigenvalue weighted by Crippen LogP contribution is 2.41. The van der Waals surface area contributed by atoms with Crippen molar-refractivity contribution in [3.63, 3.8) is 0 Å². The van der Waals surface area contributed by atoms with Gasteiger partial charge in [-0.25, -0.2) is 8.42 Å². The van der Waals surface area contributed by atoms with E-state index in [1.165, 1.54) is 26.8 Å². The monoisotopic (exact) mass is 418 g/mol. The SMILES string of the molecule is Cc1ccc(C(NC(=O)C2CCN(S(=O)(=O)c3cccs3)CC2)C2CC2)cc1. The maximum Gasteiger partial charge on any atom is 0.252 e. The van der Waals surface area contributed by atoms with E-state index in [1.54, 1.807) is 17.5 Å². The summed E-state index contributed by atoms with van der Waals surface area (Å²) in [6, 6.07) is 11.8. The minimum atomic E-state index is -3.42. The number of benzene rings is 1. The third-order valence-corrected chi connectivity index (χ3v) is 9.01. The molecular weight excluding hydrogens is 392 g/mol. The molecule has 2 aromatic rings. The number of carbonyl (C=O) groups excluding carboxylic acids is 1. The van der Waals surface area contributed by atoms with Gasteiger partial charge in [0.25, 0.3) is 10.0 Å². The number of hydrogen-bond donors (Lipinski definition) is 1. The molecule has 0 bridgehead atoms. The van der Waals surface area contributed by atoms with Gasteiger partial charge in [-0.15, -0.1) is 11.3 Å². The van der Waals surface area contributed by atoms with Crippen LogP contribution in [0, 0.1) is 18.8 Å². The van der Waals surface area contributed by atoms with Crippen molar-refractivity contribution in [1.82, 2.24) is 9.62 Å². The smallest absolute Gasteiger partial charge is 0.252 e. The highest BCUT2D eigenvalue weighted by Gasteiger charge is 2.37. The van der Waals surface area contributed by atoms with Crippen molar-refractivity contribution >= 4 is 27.3 Å². The molecule has 2 aliphatic rings. The zero-order valence-corrected chi connectivity index (χ0v) is 17.6. The molecule has 1 amide bonds. The summed E-state index contributed by atoms with van der Waals surface area (Å²) in [4.78, 5) is 12.9. The molecule has 7 heteroatoms. The number of sulfonamides is 1. The Hall–Kier alpha value is -1.70. The molecule has 1 atom stereocenters. The van der Waals surface area contributed by atoms with Crippen LogP contribution in [-0.4, -0.2) is 31.7 Å². The summed E-state index contributed by atoms with van der Waals surface area (Å²) < 4.78 is 27.2. The van der Waals surface area contributed by atoms with Gasteiger partial charge < -0.3 is 5.32 Å². The molecule has 1 N–H and O–H groups in total. The van der Waals surface area contributed by atoms with Crippen LogP contribution >= 0.6 is 11.3 Å². The third kappa shape index (κ3) is 4.16. The minimum absolute atomic E-state index is 0.0608. The number of nitrogens with zero attached hydrogens (tertiary/aromatic N) is 1. The zero-order chi connectivity index (χ0) is 19.7. The second-order valence-electron chi connectivity index (χ2n) is 7.84. The minimum Gasteiger partial charge on any atom is -0.349 e. The van der Waals surface area contributed by atoms with E-state index in [2.05, 4.69) is 36.5 Å². The van der Waals surface area contributed by atoms with Gasteiger partial charge in [-0.1, -0.05) is 35.9 Å². The first-order valence-electron chi connectivity index (χ1n) is 9.86. The van der Waals surface area contributed by atoms with Gasteiger partial charge in [0.15, 0.2) is 0 Å². The van der Waals surface area contributed by atoms with Gasteiger partial charge in [-0.2, -0.15) is 4.31 Å². The van der Waals surface area contributed by atoms with E-state index in [4.69, 9.17) is 0 Å². The largest absolute Gasteiger partial charge is 0.349 e. The molecule has 1 aliphatic carbocycles. The van der Waals surface area contributed by atoms with Gasteiger partial charge >= 0.3 is 0 Å². The average molecular weight is 419 g/mol. The Kier molecular flexibility index (Phi) is 5.58. The number of piperidine rings is 1. The average Bonchev–Trinajstić information content (AvgIpc) is 3.38. The number of amides is 1. The van der Waals surface area contributed by atoms with Crippen LogP contribution < -0.4 is 5.32 Å². The van der Waals surface area contributed by atoms with Crippen LogP contribution in [-0.2, 0) is 14.8 Å².